The third-order valence-electron chi connectivity index (χ3n) is 2.23. The van der Waals surface area contributed by atoms with Crippen molar-refractivity contribution in [2.24, 2.45) is 5.73 Å². The molecule has 90 valence electrons. The summed E-state index contributed by atoms with van der Waals surface area (Å²) in [6.45, 7) is 0.599. The summed E-state index contributed by atoms with van der Waals surface area (Å²) in [6.07, 6.45) is 1.51. The van der Waals surface area contributed by atoms with Gasteiger partial charge in [0.1, 0.15) is 0 Å². The van der Waals surface area contributed by atoms with E-state index in [1.165, 1.54) is 0 Å². The molecular formula is C11H11Cl2N3O. The Labute approximate surface area is 109 Å². The van der Waals surface area contributed by atoms with Gasteiger partial charge in [-0.2, -0.15) is 4.98 Å². The first-order valence-corrected chi connectivity index (χ1v) is 5.94. The van der Waals surface area contributed by atoms with Crippen LogP contribution in [0.2, 0.25) is 10.0 Å². The Morgan fingerprint density at radius 1 is 1.29 bits per heavy atom. The van der Waals surface area contributed by atoms with Gasteiger partial charge in [-0.15, -0.1) is 0 Å². The second-order valence-corrected chi connectivity index (χ2v) is 4.38. The molecule has 0 saturated heterocycles. The normalized spacial score (nSPS) is 10.8. The van der Waals surface area contributed by atoms with Gasteiger partial charge in [0, 0.05) is 11.4 Å². The van der Waals surface area contributed by atoms with Crippen molar-refractivity contribution < 1.29 is 4.52 Å². The lowest BCUT2D eigenvalue weighted by atomic mass is 10.2. The van der Waals surface area contributed by atoms with E-state index in [9.17, 15) is 0 Å². The molecule has 0 aliphatic carbocycles. The third-order valence-corrected chi connectivity index (χ3v) is 2.80. The molecule has 0 saturated carbocycles. The number of benzene rings is 1. The van der Waals surface area contributed by atoms with Gasteiger partial charge in [0.2, 0.25) is 0 Å². The Balaban J connectivity index is 2.27. The van der Waals surface area contributed by atoms with Crippen molar-refractivity contribution >= 4 is 23.2 Å². The Hall–Kier alpha value is -1.10. The Morgan fingerprint density at radius 3 is 2.88 bits per heavy atom. The zero-order valence-corrected chi connectivity index (χ0v) is 10.5. The molecule has 17 heavy (non-hydrogen) atoms. The van der Waals surface area contributed by atoms with Crippen molar-refractivity contribution in [2.45, 2.75) is 12.8 Å². The van der Waals surface area contributed by atoms with Gasteiger partial charge < -0.3 is 10.3 Å². The minimum atomic E-state index is 0.379. The van der Waals surface area contributed by atoms with Crippen molar-refractivity contribution in [3.63, 3.8) is 0 Å². The summed E-state index contributed by atoms with van der Waals surface area (Å²) < 4.78 is 5.14. The first-order chi connectivity index (χ1) is 8.20. The molecule has 0 bridgehead atoms. The van der Waals surface area contributed by atoms with Crippen LogP contribution >= 0.6 is 23.2 Å². The van der Waals surface area contributed by atoms with Crippen LogP contribution in [0.5, 0.6) is 0 Å². The molecule has 0 fully saturated rings. The van der Waals surface area contributed by atoms with E-state index in [0.29, 0.717) is 40.3 Å². The maximum Gasteiger partial charge on any atom is 0.259 e. The standard InChI is InChI=1S/C11H11Cl2N3O/c12-7-3-4-9(13)8(6-7)11-15-10(16-17-11)2-1-5-14/h3-4,6H,1-2,5,14H2. The second kappa shape index (κ2) is 5.49. The molecule has 4 nitrogen and oxygen atoms in total. The Bertz CT molecular complexity index is 513. The van der Waals surface area contributed by atoms with Crippen LogP contribution in [0.15, 0.2) is 22.7 Å². The summed E-state index contributed by atoms with van der Waals surface area (Å²) in [7, 11) is 0. The highest BCUT2D eigenvalue weighted by molar-refractivity contribution is 6.35. The molecule has 0 atom stereocenters. The van der Waals surface area contributed by atoms with Gasteiger partial charge in [-0.05, 0) is 31.2 Å². The average Bonchev–Trinajstić information content (AvgIpc) is 2.78. The summed E-state index contributed by atoms with van der Waals surface area (Å²) in [5.74, 6) is 1.01. The van der Waals surface area contributed by atoms with Crippen LogP contribution in [0.1, 0.15) is 12.2 Å². The van der Waals surface area contributed by atoms with Crippen molar-refractivity contribution in [3.8, 4) is 11.5 Å². The van der Waals surface area contributed by atoms with Gasteiger partial charge in [0.25, 0.3) is 5.89 Å². The van der Waals surface area contributed by atoms with Gasteiger partial charge in [-0.1, -0.05) is 28.4 Å². The minimum absolute atomic E-state index is 0.379. The molecule has 6 heteroatoms. The lowest BCUT2D eigenvalue weighted by Gasteiger charge is -1.98. The maximum atomic E-state index is 6.04. The number of aromatic nitrogens is 2. The SMILES string of the molecule is NCCCc1noc(-c2cc(Cl)ccc2Cl)n1. The lowest BCUT2D eigenvalue weighted by molar-refractivity contribution is 0.422. The predicted octanol–water partition coefficient (Wildman–Crippen LogP) is 2.93. The summed E-state index contributed by atoms with van der Waals surface area (Å²) in [6, 6.07) is 5.10. The Kier molecular flexibility index (Phi) is 3.99. The van der Waals surface area contributed by atoms with Crippen LogP contribution in [0.4, 0.5) is 0 Å². The van der Waals surface area contributed by atoms with E-state index < -0.39 is 0 Å². The highest BCUT2D eigenvalue weighted by Gasteiger charge is 2.12. The van der Waals surface area contributed by atoms with Gasteiger partial charge in [0.15, 0.2) is 5.82 Å². The maximum absolute atomic E-state index is 6.04. The molecule has 0 unspecified atom stereocenters. The molecule has 1 aromatic heterocycles. The third kappa shape index (κ3) is 2.97. The second-order valence-electron chi connectivity index (χ2n) is 3.53. The number of nitrogens with zero attached hydrogens (tertiary/aromatic N) is 2. The number of hydrogen-bond donors (Lipinski definition) is 1. The minimum Gasteiger partial charge on any atom is -0.334 e. The molecule has 2 N–H and O–H groups in total. The number of nitrogens with two attached hydrogens (primary N) is 1. The van der Waals surface area contributed by atoms with E-state index in [-0.39, 0.29) is 0 Å². The monoisotopic (exact) mass is 271 g/mol. The fourth-order valence-corrected chi connectivity index (χ4v) is 1.76. The van der Waals surface area contributed by atoms with Gasteiger partial charge in [0.05, 0.1) is 10.6 Å². The highest BCUT2D eigenvalue weighted by atomic mass is 35.5. The van der Waals surface area contributed by atoms with Crippen LogP contribution in [-0.2, 0) is 6.42 Å². The van der Waals surface area contributed by atoms with E-state index in [1.807, 2.05) is 0 Å². The van der Waals surface area contributed by atoms with Gasteiger partial charge in [-0.25, -0.2) is 0 Å². The van der Waals surface area contributed by atoms with Crippen LogP contribution in [-0.4, -0.2) is 16.7 Å². The fourth-order valence-electron chi connectivity index (χ4n) is 1.39. The summed E-state index contributed by atoms with van der Waals surface area (Å²) >= 11 is 11.9. The van der Waals surface area contributed by atoms with Crippen LogP contribution < -0.4 is 5.73 Å². The van der Waals surface area contributed by atoms with Crippen molar-refractivity contribution in [2.75, 3.05) is 6.54 Å². The largest absolute Gasteiger partial charge is 0.334 e. The molecule has 0 spiro atoms. The zero-order valence-electron chi connectivity index (χ0n) is 8.99. The summed E-state index contributed by atoms with van der Waals surface area (Å²) in [4.78, 5) is 4.24. The number of rotatable bonds is 4. The van der Waals surface area contributed by atoms with Crippen LogP contribution in [0.3, 0.4) is 0 Å². The predicted molar refractivity (Wildman–Crippen MR) is 67.1 cm³/mol. The van der Waals surface area contributed by atoms with E-state index >= 15 is 0 Å². The van der Waals surface area contributed by atoms with Crippen molar-refractivity contribution in [3.05, 3.63) is 34.1 Å². The molecule has 2 rings (SSSR count). The first-order valence-electron chi connectivity index (χ1n) is 5.19. The molecule has 0 aliphatic heterocycles. The van der Waals surface area contributed by atoms with Crippen LogP contribution in [0.25, 0.3) is 11.5 Å². The average molecular weight is 272 g/mol. The first kappa shape index (κ1) is 12.4. The van der Waals surface area contributed by atoms with Crippen molar-refractivity contribution in [1.29, 1.82) is 0 Å². The van der Waals surface area contributed by atoms with Crippen LogP contribution in [0, 0.1) is 0 Å². The summed E-state index contributed by atoms with van der Waals surface area (Å²) in [5, 5.41) is 4.96. The highest BCUT2D eigenvalue weighted by Crippen LogP contribution is 2.29. The van der Waals surface area contributed by atoms with Gasteiger partial charge >= 0.3 is 0 Å². The van der Waals surface area contributed by atoms with E-state index in [0.717, 1.165) is 6.42 Å². The van der Waals surface area contributed by atoms with E-state index in [4.69, 9.17) is 33.5 Å². The number of hydrogen-bond acceptors (Lipinski definition) is 4. The lowest BCUT2D eigenvalue weighted by Crippen LogP contribution is -2.01. The molecule has 0 amide bonds. The summed E-state index contributed by atoms with van der Waals surface area (Å²) in [5.41, 5.74) is 6.06. The molecule has 1 heterocycles. The zero-order chi connectivity index (χ0) is 12.3. The topological polar surface area (TPSA) is 64.9 Å². The quantitative estimate of drug-likeness (QED) is 0.929. The molecule has 2 aromatic rings. The van der Waals surface area contributed by atoms with E-state index in [1.54, 1.807) is 18.2 Å². The van der Waals surface area contributed by atoms with Crippen molar-refractivity contribution in [1.82, 2.24) is 10.1 Å². The van der Waals surface area contributed by atoms with Gasteiger partial charge in [-0.3, -0.25) is 0 Å². The molecule has 1 aromatic carbocycles. The molecular weight excluding hydrogens is 261 g/mol. The smallest absolute Gasteiger partial charge is 0.259 e. The Morgan fingerprint density at radius 2 is 2.12 bits per heavy atom. The number of aryl methyl sites for hydroxylation is 1. The fraction of sp³-hybridized carbons (Fsp3) is 0.273. The molecule has 0 aliphatic rings. The van der Waals surface area contributed by atoms with E-state index in [2.05, 4.69) is 10.1 Å². The number of halogens is 2. The molecule has 0 radical (unpaired) electrons.